The maximum Gasteiger partial charge on any atom is 0.225 e. The van der Waals surface area contributed by atoms with Crippen molar-refractivity contribution in [2.24, 2.45) is 0 Å². The van der Waals surface area contributed by atoms with Crippen molar-refractivity contribution in [2.45, 2.75) is 25.8 Å². The number of nitrogens with zero attached hydrogens (tertiary/aromatic N) is 2. The highest BCUT2D eigenvalue weighted by atomic mass is 16.5. The molecule has 0 aromatic heterocycles. The van der Waals surface area contributed by atoms with Gasteiger partial charge in [-0.2, -0.15) is 5.26 Å². The lowest BCUT2D eigenvalue weighted by molar-refractivity contribution is -0.116. The van der Waals surface area contributed by atoms with Gasteiger partial charge in [-0.1, -0.05) is 0 Å². The van der Waals surface area contributed by atoms with Crippen LogP contribution in [0, 0.1) is 11.3 Å². The third-order valence-corrected chi connectivity index (χ3v) is 3.33. The highest BCUT2D eigenvalue weighted by Crippen LogP contribution is 2.26. The Hall–Kier alpha value is -2.26. The molecule has 0 saturated heterocycles. The van der Waals surface area contributed by atoms with Gasteiger partial charge in [-0.3, -0.25) is 4.79 Å². The SMILES string of the molecule is COc1ccc(N)cc1NC(=O)CCN(C)C(C)CC#N. The zero-order valence-electron chi connectivity index (χ0n) is 12.7. The molecule has 1 unspecified atom stereocenters. The van der Waals surface area contributed by atoms with Crippen molar-refractivity contribution in [1.29, 1.82) is 5.26 Å². The number of nitrogen functional groups attached to an aromatic ring is 1. The van der Waals surface area contributed by atoms with E-state index in [-0.39, 0.29) is 11.9 Å². The molecule has 0 radical (unpaired) electrons. The monoisotopic (exact) mass is 290 g/mol. The van der Waals surface area contributed by atoms with Crippen LogP contribution >= 0.6 is 0 Å². The Morgan fingerprint density at radius 1 is 1.57 bits per heavy atom. The summed E-state index contributed by atoms with van der Waals surface area (Å²) in [7, 11) is 3.44. The van der Waals surface area contributed by atoms with Gasteiger partial charge in [0.25, 0.3) is 0 Å². The summed E-state index contributed by atoms with van der Waals surface area (Å²) in [5, 5.41) is 11.5. The van der Waals surface area contributed by atoms with E-state index < -0.39 is 0 Å². The van der Waals surface area contributed by atoms with Crippen LogP contribution in [0.2, 0.25) is 0 Å². The molecule has 1 atom stereocenters. The molecule has 0 aliphatic carbocycles. The Kier molecular flexibility index (Phi) is 6.50. The first-order valence-electron chi connectivity index (χ1n) is 6.78. The molecular formula is C15H22N4O2. The molecule has 114 valence electrons. The van der Waals surface area contributed by atoms with Gasteiger partial charge in [0.1, 0.15) is 5.75 Å². The Bertz CT molecular complexity index is 525. The van der Waals surface area contributed by atoms with Gasteiger partial charge in [0, 0.05) is 24.7 Å². The van der Waals surface area contributed by atoms with Crippen LogP contribution < -0.4 is 15.8 Å². The zero-order valence-corrected chi connectivity index (χ0v) is 12.7. The normalized spacial score (nSPS) is 11.8. The minimum Gasteiger partial charge on any atom is -0.495 e. The number of anilines is 2. The number of rotatable bonds is 7. The van der Waals surface area contributed by atoms with Gasteiger partial charge >= 0.3 is 0 Å². The molecule has 0 fully saturated rings. The third kappa shape index (κ3) is 5.32. The molecule has 1 amide bonds. The average Bonchev–Trinajstić information content (AvgIpc) is 2.45. The Morgan fingerprint density at radius 3 is 2.90 bits per heavy atom. The number of amides is 1. The summed E-state index contributed by atoms with van der Waals surface area (Å²) in [5.41, 5.74) is 6.83. The number of nitriles is 1. The lowest BCUT2D eigenvalue weighted by Gasteiger charge is -2.22. The molecule has 0 bridgehead atoms. The number of benzene rings is 1. The predicted molar refractivity (Wildman–Crippen MR) is 83.0 cm³/mol. The van der Waals surface area contributed by atoms with E-state index in [0.29, 0.717) is 36.5 Å². The Morgan fingerprint density at radius 2 is 2.29 bits per heavy atom. The van der Waals surface area contributed by atoms with Gasteiger partial charge in [-0.15, -0.1) is 0 Å². The molecule has 1 rings (SSSR count). The summed E-state index contributed by atoms with van der Waals surface area (Å²) in [6.07, 6.45) is 0.783. The van der Waals surface area contributed by atoms with E-state index in [2.05, 4.69) is 11.4 Å². The summed E-state index contributed by atoms with van der Waals surface area (Å²) in [5.74, 6) is 0.457. The lowest BCUT2D eigenvalue weighted by Crippen LogP contribution is -2.31. The summed E-state index contributed by atoms with van der Waals surface area (Å²) in [4.78, 5) is 14.0. The number of nitrogens with one attached hydrogen (secondary N) is 1. The van der Waals surface area contributed by atoms with Crippen molar-refractivity contribution in [2.75, 3.05) is 31.8 Å². The van der Waals surface area contributed by atoms with Crippen LogP contribution in [0.1, 0.15) is 19.8 Å². The topological polar surface area (TPSA) is 91.4 Å². The fourth-order valence-corrected chi connectivity index (χ4v) is 1.82. The van der Waals surface area contributed by atoms with E-state index in [4.69, 9.17) is 15.7 Å². The van der Waals surface area contributed by atoms with E-state index in [1.165, 1.54) is 0 Å². The number of ether oxygens (including phenoxy) is 1. The molecule has 6 heteroatoms. The van der Waals surface area contributed by atoms with E-state index in [0.717, 1.165) is 0 Å². The van der Waals surface area contributed by atoms with Crippen molar-refractivity contribution < 1.29 is 9.53 Å². The molecular weight excluding hydrogens is 268 g/mol. The van der Waals surface area contributed by atoms with Crippen LogP contribution in [0.25, 0.3) is 0 Å². The zero-order chi connectivity index (χ0) is 15.8. The third-order valence-electron chi connectivity index (χ3n) is 3.33. The van der Waals surface area contributed by atoms with E-state index in [1.807, 2.05) is 18.9 Å². The average molecular weight is 290 g/mol. The van der Waals surface area contributed by atoms with Crippen molar-refractivity contribution in [3.63, 3.8) is 0 Å². The molecule has 6 nitrogen and oxygen atoms in total. The van der Waals surface area contributed by atoms with Gasteiger partial charge in [0.15, 0.2) is 0 Å². The molecule has 0 aliphatic rings. The molecule has 1 aromatic rings. The maximum absolute atomic E-state index is 12.0. The summed E-state index contributed by atoms with van der Waals surface area (Å²) < 4.78 is 5.18. The van der Waals surface area contributed by atoms with E-state index in [9.17, 15) is 4.79 Å². The van der Waals surface area contributed by atoms with Gasteiger partial charge in [-0.25, -0.2) is 0 Å². The smallest absolute Gasteiger partial charge is 0.225 e. The van der Waals surface area contributed by atoms with Crippen LogP contribution in [0.5, 0.6) is 5.75 Å². The molecule has 3 N–H and O–H groups in total. The summed E-state index contributed by atoms with van der Waals surface area (Å²) in [6.45, 7) is 2.54. The first-order chi connectivity index (χ1) is 9.97. The van der Waals surface area contributed by atoms with Crippen LogP contribution in [0.15, 0.2) is 18.2 Å². The second kappa shape index (κ2) is 8.12. The van der Waals surface area contributed by atoms with Crippen LogP contribution in [-0.4, -0.2) is 37.6 Å². The van der Waals surface area contributed by atoms with E-state index >= 15 is 0 Å². The predicted octanol–water partition coefficient (Wildman–Crippen LogP) is 1.84. The summed E-state index contributed by atoms with van der Waals surface area (Å²) >= 11 is 0. The molecule has 0 spiro atoms. The van der Waals surface area contributed by atoms with Gasteiger partial charge in [-0.05, 0) is 32.2 Å². The number of carbonyl (C=O) groups is 1. The van der Waals surface area contributed by atoms with Crippen molar-refractivity contribution in [1.82, 2.24) is 4.90 Å². The van der Waals surface area contributed by atoms with Crippen molar-refractivity contribution >= 4 is 17.3 Å². The van der Waals surface area contributed by atoms with Gasteiger partial charge < -0.3 is 20.7 Å². The number of hydrogen-bond donors (Lipinski definition) is 2. The highest BCUT2D eigenvalue weighted by Gasteiger charge is 2.12. The van der Waals surface area contributed by atoms with Crippen molar-refractivity contribution in [3.05, 3.63) is 18.2 Å². The second-order valence-corrected chi connectivity index (χ2v) is 4.95. The highest BCUT2D eigenvalue weighted by molar-refractivity contribution is 5.93. The lowest BCUT2D eigenvalue weighted by atomic mass is 10.2. The molecule has 1 aromatic carbocycles. The molecule has 0 aliphatic heterocycles. The fraction of sp³-hybridized carbons (Fsp3) is 0.467. The van der Waals surface area contributed by atoms with Crippen LogP contribution in [-0.2, 0) is 4.79 Å². The molecule has 0 heterocycles. The Balaban J connectivity index is 2.55. The Labute approximate surface area is 125 Å². The second-order valence-electron chi connectivity index (χ2n) is 4.95. The summed E-state index contributed by atoms with van der Waals surface area (Å²) in [6, 6.07) is 7.35. The maximum atomic E-state index is 12.0. The first-order valence-corrected chi connectivity index (χ1v) is 6.78. The minimum atomic E-state index is -0.116. The minimum absolute atomic E-state index is 0.116. The quantitative estimate of drug-likeness (QED) is 0.748. The standard InChI is InChI=1S/C15H22N4O2/c1-11(6-8-16)19(2)9-7-15(20)18-13-10-12(17)4-5-14(13)21-3/h4-5,10-11H,6-7,9,17H2,1-3H3,(H,18,20). The number of methoxy groups -OCH3 is 1. The van der Waals surface area contributed by atoms with Gasteiger partial charge in [0.2, 0.25) is 5.91 Å². The first kappa shape index (κ1) is 16.8. The van der Waals surface area contributed by atoms with Crippen LogP contribution in [0.3, 0.4) is 0 Å². The number of nitrogens with two attached hydrogens (primary N) is 1. The molecule has 0 saturated carbocycles. The largest absolute Gasteiger partial charge is 0.495 e. The van der Waals surface area contributed by atoms with Crippen molar-refractivity contribution in [3.8, 4) is 11.8 Å². The van der Waals surface area contributed by atoms with Gasteiger partial charge in [0.05, 0.1) is 25.3 Å². The fourth-order valence-electron chi connectivity index (χ4n) is 1.82. The van der Waals surface area contributed by atoms with E-state index in [1.54, 1.807) is 25.3 Å². The number of hydrogen-bond acceptors (Lipinski definition) is 5. The molecule has 21 heavy (non-hydrogen) atoms. The number of carbonyl (C=O) groups excluding carboxylic acids is 1. The van der Waals surface area contributed by atoms with Crippen LogP contribution in [0.4, 0.5) is 11.4 Å².